The molecule has 0 unspecified atom stereocenters. The molecule has 31 heavy (non-hydrogen) atoms. The molecule has 0 bridgehead atoms. The number of anilines is 2. The first kappa shape index (κ1) is 20.8. The third kappa shape index (κ3) is 4.83. The van der Waals surface area contributed by atoms with Crippen molar-refractivity contribution in [3.63, 3.8) is 0 Å². The van der Waals surface area contributed by atoms with Gasteiger partial charge >= 0.3 is 0 Å². The largest absolute Gasteiger partial charge is 0.494 e. The van der Waals surface area contributed by atoms with Crippen molar-refractivity contribution < 1.29 is 19.1 Å². The summed E-state index contributed by atoms with van der Waals surface area (Å²) in [4.78, 5) is 25.8. The summed E-state index contributed by atoms with van der Waals surface area (Å²) in [5, 5.41) is 5.60. The summed E-state index contributed by atoms with van der Waals surface area (Å²) >= 11 is 1.48. The Morgan fingerprint density at radius 3 is 2.58 bits per heavy atom. The van der Waals surface area contributed by atoms with Crippen LogP contribution in [-0.4, -0.2) is 23.7 Å². The summed E-state index contributed by atoms with van der Waals surface area (Å²) in [6, 6.07) is 19.8. The minimum atomic E-state index is -0.289. The van der Waals surface area contributed by atoms with Crippen molar-refractivity contribution in [3.8, 4) is 17.2 Å². The molecule has 2 amide bonds. The van der Waals surface area contributed by atoms with Gasteiger partial charge in [0, 0.05) is 10.5 Å². The first-order chi connectivity index (χ1) is 15.0. The van der Waals surface area contributed by atoms with Crippen LogP contribution in [0, 0.1) is 0 Å². The van der Waals surface area contributed by atoms with Crippen LogP contribution in [0.3, 0.4) is 0 Å². The van der Waals surface area contributed by atoms with E-state index in [2.05, 4.69) is 10.6 Å². The number of rotatable bonds is 6. The molecule has 0 spiro atoms. The third-order valence-electron chi connectivity index (χ3n) is 4.67. The molecule has 3 aromatic rings. The normalized spacial score (nSPS) is 14.9. The lowest BCUT2D eigenvalue weighted by Gasteiger charge is -2.21. The topological polar surface area (TPSA) is 76.7 Å². The molecule has 1 atom stereocenters. The molecule has 158 valence electrons. The van der Waals surface area contributed by atoms with Crippen molar-refractivity contribution in [2.75, 3.05) is 17.2 Å². The van der Waals surface area contributed by atoms with Gasteiger partial charge in [-0.1, -0.05) is 12.1 Å². The minimum absolute atomic E-state index is 0.0656. The molecule has 3 aromatic carbocycles. The SMILES string of the molecule is CCOc1ccc(Oc2ccccc2NC(=O)c2ccc3c(c2)NC(=O)[C@H](C)S3)cc1. The van der Waals surface area contributed by atoms with Gasteiger partial charge in [-0.25, -0.2) is 0 Å². The van der Waals surface area contributed by atoms with E-state index < -0.39 is 0 Å². The summed E-state index contributed by atoms with van der Waals surface area (Å²) in [5.74, 6) is 1.57. The molecule has 0 saturated carbocycles. The molecule has 0 aliphatic carbocycles. The number of fused-ring (bicyclic) bond motifs is 1. The zero-order valence-corrected chi connectivity index (χ0v) is 18.0. The number of para-hydroxylation sites is 2. The van der Waals surface area contributed by atoms with Crippen LogP contribution in [0.2, 0.25) is 0 Å². The third-order valence-corrected chi connectivity index (χ3v) is 5.85. The number of nitrogens with one attached hydrogen (secondary N) is 2. The van der Waals surface area contributed by atoms with Gasteiger partial charge in [0.25, 0.3) is 5.91 Å². The van der Waals surface area contributed by atoms with E-state index in [0.717, 1.165) is 10.6 Å². The van der Waals surface area contributed by atoms with E-state index in [1.54, 1.807) is 24.3 Å². The Labute approximate surface area is 185 Å². The smallest absolute Gasteiger partial charge is 0.255 e. The van der Waals surface area contributed by atoms with Gasteiger partial charge in [-0.05, 0) is 68.4 Å². The fourth-order valence-corrected chi connectivity index (χ4v) is 4.03. The van der Waals surface area contributed by atoms with Crippen molar-refractivity contribution in [1.29, 1.82) is 0 Å². The van der Waals surface area contributed by atoms with Crippen LogP contribution >= 0.6 is 11.8 Å². The first-order valence-electron chi connectivity index (χ1n) is 9.96. The van der Waals surface area contributed by atoms with Crippen molar-refractivity contribution >= 4 is 35.0 Å². The van der Waals surface area contributed by atoms with Crippen LogP contribution in [0.25, 0.3) is 0 Å². The maximum Gasteiger partial charge on any atom is 0.255 e. The van der Waals surface area contributed by atoms with Crippen molar-refractivity contribution in [2.45, 2.75) is 24.0 Å². The second kappa shape index (κ2) is 9.14. The molecule has 0 aromatic heterocycles. The number of amides is 2. The van der Waals surface area contributed by atoms with Crippen LogP contribution in [0.4, 0.5) is 11.4 Å². The Hall–Kier alpha value is -3.45. The lowest BCUT2D eigenvalue weighted by molar-refractivity contribution is -0.115. The van der Waals surface area contributed by atoms with Gasteiger partial charge in [0.1, 0.15) is 11.5 Å². The maximum atomic E-state index is 12.9. The zero-order valence-electron chi connectivity index (χ0n) is 17.2. The van der Waals surface area contributed by atoms with Crippen LogP contribution < -0.4 is 20.1 Å². The molecule has 0 fully saturated rings. The Bertz CT molecular complexity index is 1110. The van der Waals surface area contributed by atoms with Crippen molar-refractivity contribution in [3.05, 3.63) is 72.3 Å². The Kier molecular flexibility index (Phi) is 6.13. The number of hydrogen-bond donors (Lipinski definition) is 2. The molecular weight excluding hydrogens is 412 g/mol. The Balaban J connectivity index is 1.50. The van der Waals surface area contributed by atoms with Gasteiger partial charge in [0.2, 0.25) is 5.91 Å². The van der Waals surface area contributed by atoms with Crippen molar-refractivity contribution in [1.82, 2.24) is 0 Å². The number of benzene rings is 3. The molecule has 7 heteroatoms. The van der Waals surface area contributed by atoms with E-state index in [0.29, 0.717) is 35.0 Å². The standard InChI is InChI=1S/C24H22N2O4S/c1-3-29-17-9-11-18(12-10-17)30-21-7-5-4-6-19(21)25-24(28)16-8-13-22-20(14-16)26-23(27)15(2)31-22/h4-15H,3H2,1-2H3,(H,25,28)(H,26,27)/t15-/m0/s1. The van der Waals surface area contributed by atoms with Crippen LogP contribution in [0.1, 0.15) is 24.2 Å². The summed E-state index contributed by atoms with van der Waals surface area (Å²) in [6.07, 6.45) is 0. The number of carbonyl (C=O) groups is 2. The van der Waals surface area contributed by atoms with E-state index in [1.807, 2.05) is 56.3 Å². The Morgan fingerprint density at radius 1 is 1.06 bits per heavy atom. The van der Waals surface area contributed by atoms with E-state index in [-0.39, 0.29) is 17.1 Å². The van der Waals surface area contributed by atoms with Gasteiger partial charge in [-0.15, -0.1) is 11.8 Å². The quantitative estimate of drug-likeness (QED) is 0.531. The zero-order chi connectivity index (χ0) is 21.8. The van der Waals surface area contributed by atoms with E-state index in [1.165, 1.54) is 11.8 Å². The fraction of sp³-hybridized carbons (Fsp3) is 0.167. The molecule has 1 aliphatic heterocycles. The minimum Gasteiger partial charge on any atom is -0.494 e. The summed E-state index contributed by atoms with van der Waals surface area (Å²) in [6.45, 7) is 4.38. The molecule has 0 saturated heterocycles. The van der Waals surface area contributed by atoms with Gasteiger partial charge in [0.15, 0.2) is 5.75 Å². The number of carbonyl (C=O) groups excluding carboxylic acids is 2. The molecule has 2 N–H and O–H groups in total. The van der Waals surface area contributed by atoms with Gasteiger partial charge in [-0.3, -0.25) is 9.59 Å². The van der Waals surface area contributed by atoms with Crippen LogP contribution in [0.5, 0.6) is 17.2 Å². The average Bonchev–Trinajstić information content (AvgIpc) is 2.77. The second-order valence-corrected chi connectivity index (χ2v) is 8.30. The number of thioether (sulfide) groups is 1. The average molecular weight is 435 g/mol. The molecule has 6 nitrogen and oxygen atoms in total. The van der Waals surface area contributed by atoms with Crippen molar-refractivity contribution in [2.24, 2.45) is 0 Å². The summed E-state index contributed by atoms with van der Waals surface area (Å²) < 4.78 is 11.4. The lowest BCUT2D eigenvalue weighted by atomic mass is 10.1. The first-order valence-corrected chi connectivity index (χ1v) is 10.8. The lowest BCUT2D eigenvalue weighted by Crippen LogP contribution is -2.26. The number of ether oxygens (including phenoxy) is 2. The molecule has 4 rings (SSSR count). The molecule has 1 aliphatic rings. The Morgan fingerprint density at radius 2 is 1.81 bits per heavy atom. The van der Waals surface area contributed by atoms with E-state index in [4.69, 9.17) is 9.47 Å². The van der Waals surface area contributed by atoms with Gasteiger partial charge in [-0.2, -0.15) is 0 Å². The fourth-order valence-electron chi connectivity index (χ4n) is 3.10. The molecule has 0 radical (unpaired) electrons. The predicted molar refractivity (Wildman–Crippen MR) is 122 cm³/mol. The van der Waals surface area contributed by atoms with Crippen LogP contribution in [-0.2, 0) is 4.79 Å². The predicted octanol–water partition coefficient (Wildman–Crippen LogP) is 5.56. The highest BCUT2D eigenvalue weighted by Gasteiger charge is 2.24. The monoisotopic (exact) mass is 434 g/mol. The summed E-state index contributed by atoms with van der Waals surface area (Å²) in [7, 11) is 0. The summed E-state index contributed by atoms with van der Waals surface area (Å²) in [5.41, 5.74) is 1.65. The highest BCUT2D eigenvalue weighted by molar-refractivity contribution is 8.00. The second-order valence-electron chi connectivity index (χ2n) is 6.92. The van der Waals surface area contributed by atoms with E-state index >= 15 is 0 Å². The van der Waals surface area contributed by atoms with Gasteiger partial charge < -0.3 is 20.1 Å². The van der Waals surface area contributed by atoms with E-state index in [9.17, 15) is 9.59 Å². The molecule has 1 heterocycles. The highest BCUT2D eigenvalue weighted by Crippen LogP contribution is 2.36. The van der Waals surface area contributed by atoms with Crippen LogP contribution in [0.15, 0.2) is 71.6 Å². The molecular formula is C24H22N2O4S. The number of hydrogen-bond acceptors (Lipinski definition) is 5. The highest BCUT2D eigenvalue weighted by atomic mass is 32.2. The maximum absolute atomic E-state index is 12.9. The van der Waals surface area contributed by atoms with Gasteiger partial charge in [0.05, 0.1) is 23.2 Å².